The van der Waals surface area contributed by atoms with Crippen LogP contribution in [0.25, 0.3) is 16.9 Å². The highest BCUT2D eigenvalue weighted by atomic mass is 19.4. The van der Waals surface area contributed by atoms with Crippen LogP contribution in [0.5, 0.6) is 0 Å². The third-order valence-electron chi connectivity index (χ3n) is 6.50. The Balaban J connectivity index is 0.000000508. The van der Waals surface area contributed by atoms with Crippen molar-refractivity contribution in [1.82, 2.24) is 24.5 Å². The Morgan fingerprint density at radius 2 is 1.77 bits per heavy atom. The smallest absolute Gasteiger partial charge is 0.416 e. The number of hydrogen-bond acceptors (Lipinski definition) is 11. The quantitative estimate of drug-likeness (QED) is 0.210. The Morgan fingerprint density at radius 3 is 2.38 bits per heavy atom. The fourth-order valence-electron chi connectivity index (χ4n) is 4.12. The first-order valence-corrected chi connectivity index (χ1v) is 13.9. The number of amides is 1. The molecule has 5 aromatic rings. The van der Waals surface area contributed by atoms with Gasteiger partial charge in [-0.25, -0.2) is 15.0 Å². The highest BCUT2D eigenvalue weighted by Crippen LogP contribution is 2.33. The van der Waals surface area contributed by atoms with E-state index in [-0.39, 0.29) is 16.9 Å². The number of carbonyl (C=O) groups is 3. The number of hydrogen-bond donors (Lipinski definition) is 3. The number of nitrogens with one attached hydrogen (secondary N) is 2. The zero-order valence-electron chi connectivity index (χ0n) is 25.2. The lowest BCUT2D eigenvalue weighted by molar-refractivity contribution is -0.323. The molecule has 0 bridgehead atoms. The molecule has 0 unspecified atom stereocenters. The van der Waals surface area contributed by atoms with E-state index in [0.717, 1.165) is 23.3 Å². The van der Waals surface area contributed by atoms with E-state index in [1.807, 2.05) is 13.0 Å². The highest BCUT2D eigenvalue weighted by molar-refractivity contribution is 6.05. The average molecular weight is 662 g/mol. The molecule has 0 spiro atoms. The van der Waals surface area contributed by atoms with Crippen molar-refractivity contribution in [1.29, 1.82) is 0 Å². The molecule has 2 aromatic carbocycles. The molecular weight excluding hydrogens is 635 g/mol. The number of carboxylic acids is 2. The topological polar surface area (TPSA) is 198 Å². The van der Waals surface area contributed by atoms with Crippen LogP contribution < -0.4 is 20.8 Å². The fraction of sp³-hybridized carbons (Fsp3) is 0.156. The van der Waals surface area contributed by atoms with Gasteiger partial charge in [-0.1, -0.05) is 6.07 Å². The predicted molar refractivity (Wildman–Crippen MR) is 162 cm³/mol. The summed E-state index contributed by atoms with van der Waals surface area (Å²) in [6.07, 6.45) is 0.493. The van der Waals surface area contributed by atoms with Gasteiger partial charge < -0.3 is 40.1 Å². The van der Waals surface area contributed by atoms with E-state index in [2.05, 4.69) is 30.6 Å². The molecule has 0 fully saturated rings. The van der Waals surface area contributed by atoms with E-state index >= 15 is 0 Å². The number of pyridine rings is 1. The molecule has 48 heavy (non-hydrogen) atoms. The van der Waals surface area contributed by atoms with E-state index in [1.54, 1.807) is 62.0 Å². The van der Waals surface area contributed by atoms with Crippen LogP contribution in [0.15, 0.2) is 85.7 Å². The van der Waals surface area contributed by atoms with E-state index in [9.17, 15) is 37.8 Å². The van der Waals surface area contributed by atoms with E-state index in [4.69, 9.17) is 5.11 Å². The Labute approximate surface area is 270 Å². The number of aryl methyl sites for hydroxylation is 2. The number of imidazole rings is 1. The Bertz CT molecular complexity index is 1930. The molecule has 13 nitrogen and oxygen atoms in total. The summed E-state index contributed by atoms with van der Waals surface area (Å²) in [5.74, 6) is -3.68. The molecule has 3 N–H and O–H groups in total. The Hall–Kier alpha value is -6.16. The second kappa shape index (κ2) is 15.0. The number of benzene rings is 2. The van der Waals surface area contributed by atoms with Gasteiger partial charge in [-0.2, -0.15) is 13.2 Å². The van der Waals surface area contributed by atoms with Gasteiger partial charge in [0.2, 0.25) is 5.95 Å². The number of alkyl halides is 3. The molecule has 0 aliphatic heterocycles. The minimum atomic E-state index is -4.60. The summed E-state index contributed by atoms with van der Waals surface area (Å²) in [7, 11) is 0. The van der Waals surface area contributed by atoms with Crippen molar-refractivity contribution >= 4 is 35.2 Å². The summed E-state index contributed by atoms with van der Waals surface area (Å²) in [6.45, 7) is 3.58. The molecule has 3 aromatic heterocycles. The monoisotopic (exact) mass is 661 g/mol. The highest BCUT2D eigenvalue weighted by Gasteiger charge is 2.31. The van der Waals surface area contributed by atoms with Gasteiger partial charge in [-0.15, -0.1) is 0 Å². The first kappa shape index (κ1) is 34.7. The van der Waals surface area contributed by atoms with Crippen molar-refractivity contribution in [3.63, 3.8) is 0 Å². The van der Waals surface area contributed by atoms with Crippen LogP contribution in [0, 0.1) is 13.8 Å². The maximum absolute atomic E-state index is 13.6. The average Bonchev–Trinajstić information content (AvgIpc) is 3.48. The standard InChI is InChI=1S/C28H22F3N7O.C4H6O5/c1-17-5-6-19(10-25(17)37-27-33-9-7-24(36-27)20-4-3-8-32-14-20)26(39)35-22-11-21(28(29,30)31)12-23(13-22)38-15-18(2)34-16-38;5-2(4(8)9)1-3(6)7/h3-16H,1-2H3,(H,35,39)(H,33,36,37);2,5H,1H2,(H,6,7)(H,8,9)/p-2/t;2-/m.0/s1. The second-order valence-corrected chi connectivity index (χ2v) is 10.2. The lowest BCUT2D eigenvalue weighted by Gasteiger charge is -2.14. The zero-order valence-corrected chi connectivity index (χ0v) is 25.2. The number of aliphatic hydroxyl groups is 1. The van der Waals surface area contributed by atoms with E-state index < -0.39 is 42.1 Å². The van der Waals surface area contributed by atoms with Gasteiger partial charge >= 0.3 is 6.18 Å². The van der Waals surface area contributed by atoms with Crippen molar-refractivity contribution in [2.45, 2.75) is 32.5 Å². The van der Waals surface area contributed by atoms with Crippen molar-refractivity contribution in [3.8, 4) is 16.9 Å². The third kappa shape index (κ3) is 9.43. The summed E-state index contributed by atoms with van der Waals surface area (Å²) in [6, 6.07) is 13.7. The molecule has 5 rings (SSSR count). The zero-order chi connectivity index (χ0) is 35.0. The van der Waals surface area contributed by atoms with Gasteiger partial charge in [-0.3, -0.25) is 9.78 Å². The molecule has 0 radical (unpaired) electrons. The minimum absolute atomic E-state index is 0.00114. The Kier molecular flexibility index (Phi) is 10.8. The van der Waals surface area contributed by atoms with Crippen molar-refractivity contribution in [3.05, 3.63) is 108 Å². The predicted octanol–water partition coefficient (Wildman–Crippen LogP) is 2.59. The number of rotatable bonds is 9. The number of anilines is 3. The van der Waals surface area contributed by atoms with E-state index in [1.165, 1.54) is 17.0 Å². The molecule has 0 saturated carbocycles. The van der Waals surface area contributed by atoms with Gasteiger partial charge in [0.1, 0.15) is 0 Å². The molecular formula is C32H26F3N7O6-2. The molecule has 0 saturated heterocycles. The van der Waals surface area contributed by atoms with Crippen LogP contribution in [-0.4, -0.2) is 53.6 Å². The third-order valence-corrected chi connectivity index (χ3v) is 6.50. The fourth-order valence-corrected chi connectivity index (χ4v) is 4.12. The maximum Gasteiger partial charge on any atom is 0.416 e. The molecule has 0 aliphatic carbocycles. The number of carboxylic acid groups (broad SMARTS) is 2. The van der Waals surface area contributed by atoms with Gasteiger partial charge in [0.25, 0.3) is 5.91 Å². The lowest BCUT2D eigenvalue weighted by Crippen LogP contribution is -2.39. The molecule has 248 valence electrons. The molecule has 1 atom stereocenters. The molecule has 0 aliphatic rings. The van der Waals surface area contributed by atoms with Crippen LogP contribution in [0.4, 0.5) is 30.5 Å². The summed E-state index contributed by atoms with van der Waals surface area (Å²) >= 11 is 0. The SMILES string of the molecule is Cc1cn(-c2cc(NC(=O)c3ccc(C)c(Nc4nccc(-c5cccnc5)n4)c3)cc(C(F)(F)F)c2)cn1.O=C([O-])C[C@H](O)C(=O)[O-]. The maximum atomic E-state index is 13.6. The number of aliphatic hydroxyl groups excluding tert-OH is 1. The first-order chi connectivity index (χ1) is 22.7. The van der Waals surface area contributed by atoms with Crippen LogP contribution in [0.3, 0.4) is 0 Å². The van der Waals surface area contributed by atoms with Crippen molar-refractivity contribution in [2.24, 2.45) is 0 Å². The van der Waals surface area contributed by atoms with Crippen LogP contribution in [-0.2, 0) is 15.8 Å². The second-order valence-electron chi connectivity index (χ2n) is 10.2. The summed E-state index contributed by atoms with van der Waals surface area (Å²) < 4.78 is 42.3. The van der Waals surface area contributed by atoms with Crippen molar-refractivity contribution < 1.29 is 42.9 Å². The number of aromatic nitrogens is 5. The number of aliphatic carboxylic acids is 2. The van der Waals surface area contributed by atoms with Gasteiger partial charge in [0.05, 0.1) is 35.4 Å². The minimum Gasteiger partial charge on any atom is -0.550 e. The van der Waals surface area contributed by atoms with Crippen LogP contribution in [0.1, 0.15) is 33.6 Å². The van der Waals surface area contributed by atoms with Crippen LogP contribution in [0.2, 0.25) is 0 Å². The molecule has 3 heterocycles. The summed E-state index contributed by atoms with van der Waals surface area (Å²) in [5.41, 5.74) is 3.09. The number of halogens is 3. The lowest BCUT2D eigenvalue weighted by atomic mass is 10.1. The molecule has 1 amide bonds. The van der Waals surface area contributed by atoms with Gasteiger partial charge in [0.15, 0.2) is 0 Å². The molecule has 16 heteroatoms. The van der Waals surface area contributed by atoms with Gasteiger partial charge in [-0.05, 0) is 67.9 Å². The number of nitrogens with zero attached hydrogens (tertiary/aromatic N) is 5. The number of carbonyl (C=O) groups excluding carboxylic acids is 3. The first-order valence-electron chi connectivity index (χ1n) is 13.9. The Morgan fingerprint density at radius 1 is 1.00 bits per heavy atom. The van der Waals surface area contributed by atoms with Gasteiger partial charge in [0, 0.05) is 65.4 Å². The summed E-state index contributed by atoms with van der Waals surface area (Å²) in [5, 5.41) is 33.1. The van der Waals surface area contributed by atoms with E-state index in [0.29, 0.717) is 23.0 Å². The normalized spacial score (nSPS) is 11.5. The van der Waals surface area contributed by atoms with Crippen LogP contribution >= 0.6 is 0 Å². The van der Waals surface area contributed by atoms with Crippen molar-refractivity contribution in [2.75, 3.05) is 10.6 Å². The largest absolute Gasteiger partial charge is 0.550 e. The summed E-state index contributed by atoms with van der Waals surface area (Å²) in [4.78, 5) is 49.2.